The Morgan fingerprint density at radius 1 is 0.722 bits per heavy atom. The first kappa shape index (κ1) is 16.8. The Morgan fingerprint density at radius 2 is 1.28 bits per heavy atom. The highest BCUT2D eigenvalue weighted by molar-refractivity contribution is 6.59. The minimum atomic E-state index is -1.13. The van der Waals surface area contributed by atoms with Crippen molar-refractivity contribution in [2.45, 2.75) is 64.3 Å². The second-order valence-corrected chi connectivity index (χ2v) is 9.27. The quantitative estimate of drug-likeness (QED) is 0.483. The van der Waals surface area contributed by atoms with E-state index < -0.39 is 9.28 Å². The van der Waals surface area contributed by atoms with Crippen molar-refractivity contribution in [1.29, 1.82) is 0 Å². The molecule has 0 aromatic carbocycles. The summed E-state index contributed by atoms with van der Waals surface area (Å²) < 4.78 is 21.4. The first-order valence-electron chi connectivity index (χ1n) is 6.69. The molecule has 1 rings (SSSR count). The van der Waals surface area contributed by atoms with Gasteiger partial charge < -0.3 is 16.5 Å². The summed E-state index contributed by atoms with van der Waals surface area (Å²) in [5.41, 5.74) is 0. The Labute approximate surface area is 120 Å². The van der Waals surface area contributed by atoms with Gasteiger partial charge in [-0.1, -0.05) is 58.3 Å². The van der Waals surface area contributed by atoms with E-state index in [0.29, 0.717) is 0 Å². The topological polar surface area (TPSA) is 36.9 Å². The van der Waals surface area contributed by atoms with Crippen molar-refractivity contribution in [3.8, 4) is 0 Å². The molecule has 4 nitrogen and oxygen atoms in total. The van der Waals surface area contributed by atoms with Crippen LogP contribution in [0.2, 0.25) is 6.04 Å². The molecule has 1 aliphatic rings. The average molecular weight is 318 g/mol. The Kier molecular flexibility index (Phi) is 11.9. The molecule has 0 aliphatic carbocycles. The van der Waals surface area contributed by atoms with Crippen LogP contribution >= 0.6 is 0 Å². The van der Waals surface area contributed by atoms with E-state index in [1.54, 1.807) is 0 Å². The summed E-state index contributed by atoms with van der Waals surface area (Å²) in [5, 5.41) is 0. The van der Waals surface area contributed by atoms with E-state index in [9.17, 15) is 0 Å². The lowest BCUT2D eigenvalue weighted by atomic mass is 10.1. The number of hydrogen-bond acceptors (Lipinski definition) is 4. The van der Waals surface area contributed by atoms with Crippen LogP contribution in [0, 0.1) is 0 Å². The number of unbranched alkanes of at least 4 members (excludes halogenated alkanes) is 7. The summed E-state index contributed by atoms with van der Waals surface area (Å²) in [4.78, 5) is 0. The van der Waals surface area contributed by atoms with Crippen LogP contribution in [0.4, 0.5) is 0 Å². The van der Waals surface area contributed by atoms with Gasteiger partial charge in [-0.05, 0) is 6.04 Å². The lowest BCUT2D eigenvalue weighted by molar-refractivity contribution is 0.327. The highest BCUT2D eigenvalue weighted by Gasteiger charge is 2.19. The minimum Gasteiger partial charge on any atom is -0.413 e. The van der Waals surface area contributed by atoms with Crippen LogP contribution in [0.1, 0.15) is 58.3 Å². The fourth-order valence-corrected chi connectivity index (χ4v) is 6.25. The van der Waals surface area contributed by atoms with Crippen molar-refractivity contribution in [3.05, 3.63) is 0 Å². The normalized spacial score (nSPS) is 18.5. The molecule has 7 radical (unpaired) electrons. The van der Waals surface area contributed by atoms with Gasteiger partial charge in [0.15, 0.2) is 0 Å². The van der Waals surface area contributed by atoms with Gasteiger partial charge in [-0.2, -0.15) is 0 Å². The summed E-state index contributed by atoms with van der Waals surface area (Å²) in [5.74, 6) is 0. The number of hydrogen-bond donors (Lipinski definition) is 0. The van der Waals surface area contributed by atoms with E-state index >= 15 is 0 Å². The van der Waals surface area contributed by atoms with Gasteiger partial charge in [0.1, 0.15) is 0 Å². The molecular formula is C10H21O4Si4. The van der Waals surface area contributed by atoms with Crippen LogP contribution in [-0.4, -0.2) is 39.3 Å². The van der Waals surface area contributed by atoms with Crippen molar-refractivity contribution in [2.75, 3.05) is 0 Å². The predicted octanol–water partition coefficient (Wildman–Crippen LogP) is 2.30. The first-order chi connectivity index (χ1) is 8.93. The highest BCUT2D eigenvalue weighted by Crippen LogP contribution is 2.11. The zero-order valence-corrected chi connectivity index (χ0v) is 15.0. The highest BCUT2D eigenvalue weighted by atomic mass is 28.4. The molecule has 0 amide bonds. The third kappa shape index (κ3) is 9.61. The van der Waals surface area contributed by atoms with Crippen LogP contribution in [-0.2, 0) is 16.5 Å². The van der Waals surface area contributed by atoms with Crippen molar-refractivity contribution in [1.82, 2.24) is 0 Å². The fourth-order valence-electron chi connectivity index (χ4n) is 1.72. The molecule has 0 atom stereocenters. The summed E-state index contributed by atoms with van der Waals surface area (Å²) in [7, 11) is -0.867. The molecule has 0 saturated carbocycles. The molecule has 1 aliphatic heterocycles. The van der Waals surface area contributed by atoms with E-state index in [-0.39, 0.29) is 30.0 Å². The van der Waals surface area contributed by atoms with Gasteiger partial charge in [0.05, 0.1) is 0 Å². The predicted molar refractivity (Wildman–Crippen MR) is 74.8 cm³/mol. The molecule has 0 unspecified atom stereocenters. The smallest absolute Gasteiger partial charge is 0.412 e. The third-order valence-corrected chi connectivity index (χ3v) is 7.30. The maximum absolute atomic E-state index is 5.56. The minimum absolute atomic E-state index is 0.0728. The summed E-state index contributed by atoms with van der Waals surface area (Å²) in [6.45, 7) is 2.26. The lowest BCUT2D eigenvalue weighted by Gasteiger charge is -2.16. The zero-order valence-electron chi connectivity index (χ0n) is 11.0. The molecule has 0 N–H and O–H groups in total. The van der Waals surface area contributed by atoms with Gasteiger partial charge >= 0.3 is 39.3 Å². The second kappa shape index (κ2) is 12.7. The van der Waals surface area contributed by atoms with Crippen molar-refractivity contribution >= 4 is 39.3 Å². The standard InChI is InChI=1S/C10H21O4Si4/c1-2-3-4-5-6-7-8-9-10-18-13-16-11-15-12-17-14-18/h2-10H2,1H3. The molecule has 18 heavy (non-hydrogen) atoms. The molecule has 8 heteroatoms. The fraction of sp³-hybridized carbons (Fsp3) is 1.00. The molecule has 0 aromatic heterocycles. The van der Waals surface area contributed by atoms with Gasteiger partial charge in [-0.3, -0.25) is 0 Å². The Bertz CT molecular complexity index is 179. The van der Waals surface area contributed by atoms with Gasteiger partial charge in [0.25, 0.3) is 0 Å². The second-order valence-electron chi connectivity index (χ2n) is 4.26. The monoisotopic (exact) mass is 317 g/mol. The van der Waals surface area contributed by atoms with Crippen molar-refractivity contribution in [2.24, 2.45) is 0 Å². The van der Waals surface area contributed by atoms with E-state index in [0.717, 1.165) is 6.04 Å². The Morgan fingerprint density at radius 3 is 1.89 bits per heavy atom. The van der Waals surface area contributed by atoms with Crippen LogP contribution < -0.4 is 0 Å². The van der Waals surface area contributed by atoms with E-state index in [1.165, 1.54) is 51.4 Å². The maximum atomic E-state index is 5.56. The summed E-state index contributed by atoms with van der Waals surface area (Å²) >= 11 is 0. The molecule has 0 aromatic rings. The van der Waals surface area contributed by atoms with Gasteiger partial charge in [-0.25, -0.2) is 0 Å². The number of rotatable bonds is 9. The Balaban J connectivity index is 1.86. The van der Waals surface area contributed by atoms with E-state index in [4.69, 9.17) is 16.5 Å². The summed E-state index contributed by atoms with van der Waals surface area (Å²) in [6, 6.07) is 1.05. The molecule has 0 bridgehead atoms. The van der Waals surface area contributed by atoms with Crippen LogP contribution in [0.25, 0.3) is 0 Å². The van der Waals surface area contributed by atoms with Gasteiger partial charge in [-0.15, -0.1) is 0 Å². The SMILES string of the molecule is CCCCCCCCCC[Si]1O[Si]O[Si]O[Si]O1. The molecule has 1 fully saturated rings. The van der Waals surface area contributed by atoms with Crippen molar-refractivity contribution < 1.29 is 16.5 Å². The lowest BCUT2D eigenvalue weighted by Crippen LogP contribution is -2.33. The van der Waals surface area contributed by atoms with E-state index in [1.807, 2.05) is 0 Å². The molecule has 1 saturated heterocycles. The first-order valence-corrected chi connectivity index (χ1v) is 10.7. The zero-order chi connectivity index (χ0) is 12.9. The molecule has 0 spiro atoms. The molecule has 1 heterocycles. The molecule has 101 valence electrons. The summed E-state index contributed by atoms with van der Waals surface area (Å²) in [6.07, 6.45) is 10.7. The average Bonchev–Trinajstić information content (AvgIpc) is 2.34. The third-order valence-electron chi connectivity index (χ3n) is 2.71. The van der Waals surface area contributed by atoms with Crippen LogP contribution in [0.5, 0.6) is 0 Å². The van der Waals surface area contributed by atoms with Crippen LogP contribution in [0.15, 0.2) is 0 Å². The van der Waals surface area contributed by atoms with Crippen molar-refractivity contribution in [3.63, 3.8) is 0 Å². The maximum Gasteiger partial charge on any atom is 0.412 e. The van der Waals surface area contributed by atoms with Crippen LogP contribution in [0.3, 0.4) is 0 Å². The molecular weight excluding hydrogens is 296 g/mol. The van der Waals surface area contributed by atoms with E-state index in [2.05, 4.69) is 6.92 Å². The van der Waals surface area contributed by atoms with Gasteiger partial charge in [0, 0.05) is 0 Å². The largest absolute Gasteiger partial charge is 0.413 e. The Hall–Kier alpha value is 0.708. The van der Waals surface area contributed by atoms with Gasteiger partial charge in [0.2, 0.25) is 0 Å².